The third kappa shape index (κ3) is 1.72. The van der Waals surface area contributed by atoms with E-state index in [0.29, 0.717) is 24.3 Å². The Hall–Kier alpha value is -2.02. The summed E-state index contributed by atoms with van der Waals surface area (Å²) in [6.07, 6.45) is 2.25. The van der Waals surface area contributed by atoms with Crippen molar-refractivity contribution in [2.75, 3.05) is 13.7 Å². The Kier molecular flexibility index (Phi) is 2.78. The molecular weight excluding hydrogens is 209 g/mol. The van der Waals surface area contributed by atoms with Crippen LogP contribution in [0.1, 0.15) is 17.5 Å². The van der Waals surface area contributed by atoms with Gasteiger partial charge in [0.05, 0.1) is 25.5 Å². The van der Waals surface area contributed by atoms with Gasteiger partial charge in [0.2, 0.25) is 0 Å². The molecule has 1 aliphatic rings. The molecule has 3 nitrogen and oxygen atoms in total. The largest absolute Gasteiger partial charge is 0.504 e. The summed E-state index contributed by atoms with van der Waals surface area (Å²) in [4.78, 5) is 0. The first-order valence-electron chi connectivity index (χ1n) is 4.85. The van der Waals surface area contributed by atoms with Crippen LogP contribution in [0.4, 0.5) is 4.39 Å². The zero-order chi connectivity index (χ0) is 11.5. The maximum Gasteiger partial charge on any atom is 0.141 e. The molecular formula is C12H10FNO2. The van der Waals surface area contributed by atoms with Gasteiger partial charge in [0.25, 0.3) is 0 Å². The minimum Gasteiger partial charge on any atom is -0.504 e. The zero-order valence-electron chi connectivity index (χ0n) is 8.79. The average Bonchev–Trinajstić information content (AvgIpc) is 2.29. The summed E-state index contributed by atoms with van der Waals surface area (Å²) in [7, 11) is 1.54. The van der Waals surface area contributed by atoms with Crippen LogP contribution < -0.4 is 4.74 Å². The molecule has 0 amide bonds. The van der Waals surface area contributed by atoms with Gasteiger partial charge >= 0.3 is 0 Å². The number of hydrogen-bond acceptors (Lipinski definition) is 3. The third-order valence-electron chi connectivity index (χ3n) is 2.42. The molecule has 2 rings (SSSR count). The molecule has 0 aliphatic carbocycles. The molecule has 0 saturated carbocycles. The fourth-order valence-electron chi connectivity index (χ4n) is 1.68. The van der Waals surface area contributed by atoms with Crippen molar-refractivity contribution in [3.8, 4) is 11.8 Å². The summed E-state index contributed by atoms with van der Waals surface area (Å²) in [5.74, 6) is 0.00116. The number of methoxy groups -OCH3 is 1. The van der Waals surface area contributed by atoms with Crippen molar-refractivity contribution in [2.24, 2.45) is 0 Å². The second-order valence-corrected chi connectivity index (χ2v) is 3.42. The van der Waals surface area contributed by atoms with Gasteiger partial charge in [-0.2, -0.15) is 5.26 Å². The van der Waals surface area contributed by atoms with Crippen molar-refractivity contribution in [2.45, 2.75) is 6.42 Å². The van der Waals surface area contributed by atoms with Crippen LogP contribution in [-0.4, -0.2) is 13.7 Å². The van der Waals surface area contributed by atoms with Crippen molar-refractivity contribution in [1.82, 2.24) is 0 Å². The summed E-state index contributed by atoms with van der Waals surface area (Å²) in [5, 5.41) is 8.70. The standard InChI is InChI=1S/C12H10FNO2/c1-15-7-8-2-3-16-12-4-9(6-14)11(13)5-10(8)12/h4-5,7H,2-3H2,1H3. The van der Waals surface area contributed by atoms with Gasteiger partial charge in [0.15, 0.2) is 0 Å². The summed E-state index contributed by atoms with van der Waals surface area (Å²) < 4.78 is 23.8. The molecule has 1 aliphatic heterocycles. The molecule has 0 unspecified atom stereocenters. The number of benzene rings is 1. The van der Waals surface area contributed by atoms with Crippen LogP contribution in [0, 0.1) is 17.1 Å². The molecule has 16 heavy (non-hydrogen) atoms. The number of ether oxygens (including phenoxy) is 2. The molecule has 0 bridgehead atoms. The summed E-state index contributed by atoms with van der Waals surface area (Å²) in [6.45, 7) is 0.513. The Morgan fingerprint density at radius 2 is 2.38 bits per heavy atom. The predicted octanol–water partition coefficient (Wildman–Crippen LogP) is 2.47. The van der Waals surface area contributed by atoms with Crippen LogP contribution in [0.25, 0.3) is 5.57 Å². The Balaban J connectivity index is 2.55. The Labute approximate surface area is 92.7 Å². The smallest absolute Gasteiger partial charge is 0.141 e. The lowest BCUT2D eigenvalue weighted by atomic mass is 9.99. The molecule has 0 aromatic heterocycles. The molecule has 1 aromatic carbocycles. The Bertz CT molecular complexity index is 489. The van der Waals surface area contributed by atoms with E-state index in [2.05, 4.69) is 0 Å². The van der Waals surface area contributed by atoms with E-state index in [0.717, 1.165) is 5.57 Å². The van der Waals surface area contributed by atoms with Gasteiger partial charge in [-0.25, -0.2) is 4.39 Å². The van der Waals surface area contributed by atoms with Gasteiger partial charge in [0, 0.05) is 23.6 Å². The second-order valence-electron chi connectivity index (χ2n) is 3.42. The minimum absolute atomic E-state index is 0.00239. The monoisotopic (exact) mass is 219 g/mol. The normalized spacial score (nSPS) is 16.2. The number of hydrogen-bond donors (Lipinski definition) is 0. The highest BCUT2D eigenvalue weighted by Gasteiger charge is 2.18. The molecule has 0 N–H and O–H groups in total. The quantitative estimate of drug-likeness (QED) is 0.681. The Morgan fingerprint density at radius 3 is 3.06 bits per heavy atom. The van der Waals surface area contributed by atoms with E-state index >= 15 is 0 Å². The molecule has 0 fully saturated rings. The van der Waals surface area contributed by atoms with E-state index in [4.69, 9.17) is 14.7 Å². The first-order chi connectivity index (χ1) is 7.76. The van der Waals surface area contributed by atoms with Crippen LogP contribution in [0.15, 0.2) is 18.4 Å². The SMILES string of the molecule is COC=C1CCOc2cc(C#N)c(F)cc21. The van der Waals surface area contributed by atoms with Crippen molar-refractivity contribution in [3.05, 3.63) is 35.3 Å². The van der Waals surface area contributed by atoms with Gasteiger partial charge in [0.1, 0.15) is 17.6 Å². The predicted molar refractivity (Wildman–Crippen MR) is 56.2 cm³/mol. The number of fused-ring (bicyclic) bond motifs is 1. The number of halogens is 1. The summed E-state index contributed by atoms with van der Waals surface area (Å²) in [5.41, 5.74) is 1.54. The van der Waals surface area contributed by atoms with Crippen LogP contribution in [0.5, 0.6) is 5.75 Å². The van der Waals surface area contributed by atoms with E-state index in [9.17, 15) is 4.39 Å². The number of rotatable bonds is 1. The van der Waals surface area contributed by atoms with Crippen molar-refractivity contribution in [1.29, 1.82) is 5.26 Å². The fourth-order valence-corrected chi connectivity index (χ4v) is 1.68. The number of nitriles is 1. The van der Waals surface area contributed by atoms with Crippen molar-refractivity contribution < 1.29 is 13.9 Å². The number of nitrogens with zero attached hydrogens (tertiary/aromatic N) is 1. The van der Waals surface area contributed by atoms with Gasteiger partial charge in [-0.3, -0.25) is 0 Å². The molecule has 1 aromatic rings. The highest BCUT2D eigenvalue weighted by molar-refractivity contribution is 5.72. The maximum atomic E-state index is 13.4. The van der Waals surface area contributed by atoms with Crippen LogP contribution in [0.3, 0.4) is 0 Å². The molecule has 1 heterocycles. The molecule has 0 atom stereocenters. The average molecular weight is 219 g/mol. The van der Waals surface area contributed by atoms with Crippen LogP contribution in [-0.2, 0) is 4.74 Å². The van der Waals surface area contributed by atoms with E-state index in [1.54, 1.807) is 19.4 Å². The van der Waals surface area contributed by atoms with Gasteiger partial charge in [-0.15, -0.1) is 0 Å². The lowest BCUT2D eigenvalue weighted by Crippen LogP contribution is -2.09. The Morgan fingerprint density at radius 1 is 1.56 bits per heavy atom. The highest BCUT2D eigenvalue weighted by Crippen LogP contribution is 2.34. The van der Waals surface area contributed by atoms with Gasteiger partial charge < -0.3 is 9.47 Å². The van der Waals surface area contributed by atoms with Crippen LogP contribution >= 0.6 is 0 Å². The van der Waals surface area contributed by atoms with Crippen molar-refractivity contribution in [3.63, 3.8) is 0 Å². The van der Waals surface area contributed by atoms with Gasteiger partial charge in [-0.05, 0) is 6.07 Å². The molecule has 4 heteroatoms. The molecule has 82 valence electrons. The van der Waals surface area contributed by atoms with E-state index < -0.39 is 5.82 Å². The summed E-state index contributed by atoms with van der Waals surface area (Å²) >= 11 is 0. The van der Waals surface area contributed by atoms with Crippen molar-refractivity contribution >= 4 is 5.57 Å². The maximum absolute atomic E-state index is 13.4. The zero-order valence-corrected chi connectivity index (χ0v) is 8.79. The van der Waals surface area contributed by atoms with E-state index in [-0.39, 0.29) is 5.56 Å². The molecule has 0 saturated heterocycles. The third-order valence-corrected chi connectivity index (χ3v) is 2.42. The fraction of sp³-hybridized carbons (Fsp3) is 0.250. The van der Waals surface area contributed by atoms with E-state index in [1.807, 2.05) is 0 Å². The minimum atomic E-state index is -0.534. The first-order valence-corrected chi connectivity index (χ1v) is 4.85. The second kappa shape index (κ2) is 4.23. The lowest BCUT2D eigenvalue weighted by molar-refractivity contribution is 0.306. The lowest BCUT2D eigenvalue weighted by Gasteiger charge is -2.20. The van der Waals surface area contributed by atoms with Crippen LogP contribution in [0.2, 0.25) is 0 Å². The molecule has 0 radical (unpaired) electrons. The summed E-state index contributed by atoms with van der Waals surface area (Å²) in [6, 6.07) is 4.53. The highest BCUT2D eigenvalue weighted by atomic mass is 19.1. The van der Waals surface area contributed by atoms with E-state index in [1.165, 1.54) is 12.1 Å². The topological polar surface area (TPSA) is 42.2 Å². The van der Waals surface area contributed by atoms with Gasteiger partial charge in [-0.1, -0.05) is 0 Å². The first kappa shape index (κ1) is 10.5. The molecule has 0 spiro atoms.